The van der Waals surface area contributed by atoms with Crippen LogP contribution in [0.3, 0.4) is 0 Å². The number of nitrogens with one attached hydrogen (secondary N) is 1. The van der Waals surface area contributed by atoms with Crippen LogP contribution in [0, 0.1) is 11.8 Å². The second-order valence-corrected chi connectivity index (χ2v) is 4.10. The lowest BCUT2D eigenvalue weighted by atomic mass is 9.86. The quantitative estimate of drug-likeness (QED) is 0.645. The number of hydrogen-bond donors (Lipinski definition) is 1. The first-order chi connectivity index (χ1) is 5.24. The van der Waals surface area contributed by atoms with Crippen LogP contribution in [0.1, 0.15) is 40.0 Å². The second kappa shape index (κ2) is 4.10. The molecule has 1 heterocycles. The fourth-order valence-corrected chi connectivity index (χ4v) is 1.91. The SMILES string of the molecule is CCC1CCNC(C(C)C)C1. The molecule has 1 saturated heterocycles. The van der Waals surface area contributed by atoms with Gasteiger partial charge in [0.1, 0.15) is 0 Å². The normalized spacial score (nSPS) is 32.7. The molecule has 1 heteroatoms. The summed E-state index contributed by atoms with van der Waals surface area (Å²) in [7, 11) is 0. The Morgan fingerprint density at radius 1 is 1.45 bits per heavy atom. The van der Waals surface area contributed by atoms with Crippen molar-refractivity contribution < 1.29 is 0 Å². The van der Waals surface area contributed by atoms with Crippen LogP contribution in [-0.4, -0.2) is 12.6 Å². The molecule has 1 fully saturated rings. The van der Waals surface area contributed by atoms with Crippen molar-refractivity contribution in [2.24, 2.45) is 11.8 Å². The van der Waals surface area contributed by atoms with E-state index in [0.717, 1.165) is 17.9 Å². The summed E-state index contributed by atoms with van der Waals surface area (Å²) in [6.07, 6.45) is 4.15. The Hall–Kier alpha value is -0.0400. The van der Waals surface area contributed by atoms with Gasteiger partial charge in [0, 0.05) is 6.04 Å². The summed E-state index contributed by atoms with van der Waals surface area (Å²) in [6.45, 7) is 8.18. The van der Waals surface area contributed by atoms with Crippen molar-refractivity contribution in [2.75, 3.05) is 6.54 Å². The largest absolute Gasteiger partial charge is 0.314 e. The van der Waals surface area contributed by atoms with Gasteiger partial charge in [-0.1, -0.05) is 27.2 Å². The molecule has 1 N–H and O–H groups in total. The van der Waals surface area contributed by atoms with Gasteiger partial charge in [0.25, 0.3) is 0 Å². The molecule has 66 valence electrons. The van der Waals surface area contributed by atoms with Crippen molar-refractivity contribution in [2.45, 2.75) is 46.1 Å². The van der Waals surface area contributed by atoms with E-state index >= 15 is 0 Å². The highest BCUT2D eigenvalue weighted by Crippen LogP contribution is 2.22. The molecule has 1 aliphatic rings. The Morgan fingerprint density at radius 2 is 2.18 bits per heavy atom. The van der Waals surface area contributed by atoms with Crippen molar-refractivity contribution >= 4 is 0 Å². The maximum Gasteiger partial charge on any atom is 0.00927 e. The van der Waals surface area contributed by atoms with E-state index in [-0.39, 0.29) is 0 Å². The second-order valence-electron chi connectivity index (χ2n) is 4.10. The average Bonchev–Trinajstić information content (AvgIpc) is 2.05. The van der Waals surface area contributed by atoms with Crippen molar-refractivity contribution in [1.82, 2.24) is 5.32 Å². The van der Waals surface area contributed by atoms with Gasteiger partial charge >= 0.3 is 0 Å². The monoisotopic (exact) mass is 155 g/mol. The van der Waals surface area contributed by atoms with Crippen LogP contribution in [0.2, 0.25) is 0 Å². The number of rotatable bonds is 2. The molecule has 2 atom stereocenters. The summed E-state index contributed by atoms with van der Waals surface area (Å²) < 4.78 is 0. The maximum absolute atomic E-state index is 3.58. The minimum Gasteiger partial charge on any atom is -0.314 e. The Bertz CT molecular complexity index is 109. The zero-order chi connectivity index (χ0) is 8.27. The van der Waals surface area contributed by atoms with E-state index in [0.29, 0.717) is 0 Å². The van der Waals surface area contributed by atoms with E-state index in [1.54, 1.807) is 0 Å². The summed E-state index contributed by atoms with van der Waals surface area (Å²) in [6, 6.07) is 0.786. The van der Waals surface area contributed by atoms with Gasteiger partial charge < -0.3 is 5.32 Å². The minimum absolute atomic E-state index is 0.786. The lowest BCUT2D eigenvalue weighted by molar-refractivity contribution is 0.250. The lowest BCUT2D eigenvalue weighted by Gasteiger charge is -2.32. The van der Waals surface area contributed by atoms with Crippen LogP contribution in [0.4, 0.5) is 0 Å². The van der Waals surface area contributed by atoms with E-state index in [9.17, 15) is 0 Å². The van der Waals surface area contributed by atoms with Crippen molar-refractivity contribution in [3.05, 3.63) is 0 Å². The summed E-state index contributed by atoms with van der Waals surface area (Å²) in [5, 5.41) is 3.58. The van der Waals surface area contributed by atoms with Gasteiger partial charge in [0.05, 0.1) is 0 Å². The van der Waals surface area contributed by atoms with Gasteiger partial charge in [-0.25, -0.2) is 0 Å². The molecule has 0 bridgehead atoms. The molecule has 11 heavy (non-hydrogen) atoms. The van der Waals surface area contributed by atoms with Gasteiger partial charge in [-0.05, 0) is 31.2 Å². The maximum atomic E-state index is 3.58. The van der Waals surface area contributed by atoms with Crippen LogP contribution in [0.5, 0.6) is 0 Å². The molecule has 0 saturated carbocycles. The average molecular weight is 155 g/mol. The van der Waals surface area contributed by atoms with E-state index in [1.165, 1.54) is 25.8 Å². The Labute approximate surface area is 70.6 Å². The highest BCUT2D eigenvalue weighted by Gasteiger charge is 2.21. The van der Waals surface area contributed by atoms with E-state index in [4.69, 9.17) is 0 Å². The molecular weight excluding hydrogens is 134 g/mol. The van der Waals surface area contributed by atoms with Crippen LogP contribution in [0.25, 0.3) is 0 Å². The summed E-state index contributed by atoms with van der Waals surface area (Å²) >= 11 is 0. The minimum atomic E-state index is 0.786. The summed E-state index contributed by atoms with van der Waals surface area (Å²) in [4.78, 5) is 0. The standard InChI is InChI=1S/C10H21N/c1-4-9-5-6-11-10(7-9)8(2)3/h8-11H,4-7H2,1-3H3. The van der Waals surface area contributed by atoms with Gasteiger partial charge in [0.15, 0.2) is 0 Å². The van der Waals surface area contributed by atoms with Crippen LogP contribution in [0.15, 0.2) is 0 Å². The third-order valence-corrected chi connectivity index (χ3v) is 2.93. The van der Waals surface area contributed by atoms with Crippen molar-refractivity contribution in [3.63, 3.8) is 0 Å². The Morgan fingerprint density at radius 3 is 2.73 bits per heavy atom. The van der Waals surface area contributed by atoms with E-state index < -0.39 is 0 Å². The first-order valence-electron chi connectivity index (χ1n) is 4.97. The molecule has 0 aliphatic carbocycles. The lowest BCUT2D eigenvalue weighted by Crippen LogP contribution is -2.41. The van der Waals surface area contributed by atoms with E-state index in [1.807, 2.05) is 0 Å². The van der Waals surface area contributed by atoms with Crippen LogP contribution < -0.4 is 5.32 Å². The molecule has 1 nitrogen and oxygen atoms in total. The predicted molar refractivity (Wildman–Crippen MR) is 49.6 cm³/mol. The smallest absolute Gasteiger partial charge is 0.00927 e. The zero-order valence-corrected chi connectivity index (χ0v) is 8.06. The van der Waals surface area contributed by atoms with Crippen LogP contribution in [-0.2, 0) is 0 Å². The van der Waals surface area contributed by atoms with Gasteiger partial charge in [-0.2, -0.15) is 0 Å². The van der Waals surface area contributed by atoms with E-state index in [2.05, 4.69) is 26.1 Å². The molecule has 0 spiro atoms. The fourth-order valence-electron chi connectivity index (χ4n) is 1.91. The molecule has 0 amide bonds. The fraction of sp³-hybridized carbons (Fsp3) is 1.00. The predicted octanol–water partition coefficient (Wildman–Crippen LogP) is 2.42. The molecular formula is C10H21N. The van der Waals surface area contributed by atoms with Crippen molar-refractivity contribution in [3.8, 4) is 0 Å². The third kappa shape index (κ3) is 2.48. The molecule has 0 aromatic rings. The zero-order valence-electron chi connectivity index (χ0n) is 8.06. The third-order valence-electron chi connectivity index (χ3n) is 2.93. The van der Waals surface area contributed by atoms with Crippen LogP contribution >= 0.6 is 0 Å². The molecule has 0 radical (unpaired) electrons. The van der Waals surface area contributed by atoms with Gasteiger partial charge in [-0.15, -0.1) is 0 Å². The van der Waals surface area contributed by atoms with Gasteiger partial charge in [-0.3, -0.25) is 0 Å². The molecule has 1 aliphatic heterocycles. The molecule has 1 rings (SSSR count). The topological polar surface area (TPSA) is 12.0 Å². The molecule has 2 unspecified atom stereocenters. The van der Waals surface area contributed by atoms with Gasteiger partial charge in [0.2, 0.25) is 0 Å². The Balaban J connectivity index is 2.33. The highest BCUT2D eigenvalue weighted by molar-refractivity contribution is 4.79. The molecule has 0 aromatic carbocycles. The molecule has 0 aromatic heterocycles. The first-order valence-corrected chi connectivity index (χ1v) is 4.97. The Kier molecular flexibility index (Phi) is 3.38. The highest BCUT2D eigenvalue weighted by atomic mass is 14.9. The number of hydrogen-bond acceptors (Lipinski definition) is 1. The summed E-state index contributed by atoms with van der Waals surface area (Å²) in [5.74, 6) is 1.80. The first kappa shape index (κ1) is 9.05. The number of piperidine rings is 1. The van der Waals surface area contributed by atoms with Crippen molar-refractivity contribution in [1.29, 1.82) is 0 Å². The summed E-state index contributed by atoms with van der Waals surface area (Å²) in [5.41, 5.74) is 0.